The lowest BCUT2D eigenvalue weighted by atomic mass is 10.0. The summed E-state index contributed by atoms with van der Waals surface area (Å²) in [4.78, 5) is 0. The van der Waals surface area contributed by atoms with Crippen molar-refractivity contribution in [3.05, 3.63) is 70.9 Å². The monoisotopic (exact) mass is 258 g/mol. The third-order valence-electron chi connectivity index (χ3n) is 2.99. The van der Waals surface area contributed by atoms with Crippen LogP contribution >= 0.6 is 11.3 Å². The summed E-state index contributed by atoms with van der Waals surface area (Å²) in [5.74, 6) is -0.291. The zero-order valence-electron chi connectivity index (χ0n) is 9.51. The molecule has 2 aromatic carbocycles. The summed E-state index contributed by atoms with van der Waals surface area (Å²) < 4.78 is 14.0. The Kier molecular flexibility index (Phi) is 2.86. The molecule has 0 aliphatic rings. The Morgan fingerprint density at radius 2 is 1.72 bits per heavy atom. The minimum absolute atomic E-state index is 0.291. The molecule has 0 aliphatic carbocycles. The third-order valence-corrected chi connectivity index (χ3v) is 3.97. The van der Waals surface area contributed by atoms with Gasteiger partial charge in [0.05, 0.1) is 0 Å². The smallest absolute Gasteiger partial charge is 0.123 e. The van der Waals surface area contributed by atoms with Crippen LogP contribution in [0.2, 0.25) is 0 Å². The average Bonchev–Trinajstić information content (AvgIpc) is 2.82. The molecule has 0 unspecified atom stereocenters. The summed E-state index contributed by atoms with van der Waals surface area (Å²) in [6.45, 7) is 0. The van der Waals surface area contributed by atoms with Gasteiger partial charge in [0.25, 0.3) is 0 Å². The normalized spacial score (nSPS) is 12.8. The number of fused-ring (bicyclic) bond motifs is 1. The lowest BCUT2D eigenvalue weighted by Crippen LogP contribution is -1.98. The van der Waals surface area contributed by atoms with Crippen LogP contribution in [0.3, 0.4) is 0 Å². The van der Waals surface area contributed by atoms with Crippen LogP contribution in [0.1, 0.15) is 17.2 Å². The minimum Gasteiger partial charge on any atom is -0.384 e. The number of aliphatic hydroxyl groups is 1. The highest BCUT2D eigenvalue weighted by atomic mass is 32.1. The summed E-state index contributed by atoms with van der Waals surface area (Å²) in [5, 5.41) is 13.4. The van der Waals surface area contributed by atoms with Crippen LogP contribution in [0, 0.1) is 5.82 Å². The predicted octanol–water partition coefficient (Wildman–Crippen LogP) is 4.12. The molecule has 3 aromatic rings. The third kappa shape index (κ3) is 1.92. The number of hydrogen-bond acceptors (Lipinski definition) is 2. The lowest BCUT2D eigenvalue weighted by molar-refractivity contribution is 0.222. The number of halogens is 1. The van der Waals surface area contributed by atoms with E-state index in [-0.39, 0.29) is 5.82 Å². The molecule has 3 heteroatoms. The van der Waals surface area contributed by atoms with E-state index in [1.165, 1.54) is 12.1 Å². The van der Waals surface area contributed by atoms with Crippen molar-refractivity contribution in [2.24, 2.45) is 0 Å². The Morgan fingerprint density at radius 1 is 1.00 bits per heavy atom. The second kappa shape index (κ2) is 4.52. The van der Waals surface area contributed by atoms with Gasteiger partial charge in [-0.25, -0.2) is 4.39 Å². The van der Waals surface area contributed by atoms with Gasteiger partial charge >= 0.3 is 0 Å². The van der Waals surface area contributed by atoms with Gasteiger partial charge in [0, 0.05) is 10.3 Å². The molecule has 0 bridgehead atoms. The summed E-state index contributed by atoms with van der Waals surface area (Å²) in [5.41, 5.74) is 1.59. The highest BCUT2D eigenvalue weighted by Gasteiger charge is 2.14. The van der Waals surface area contributed by atoms with Gasteiger partial charge < -0.3 is 5.11 Å². The van der Waals surface area contributed by atoms with Crippen LogP contribution in [-0.2, 0) is 0 Å². The lowest BCUT2D eigenvalue weighted by Gasteiger charge is -2.10. The quantitative estimate of drug-likeness (QED) is 0.733. The van der Waals surface area contributed by atoms with E-state index >= 15 is 0 Å². The van der Waals surface area contributed by atoms with E-state index in [1.807, 2.05) is 29.6 Å². The minimum atomic E-state index is -0.707. The molecule has 0 radical (unpaired) electrons. The standard InChI is InChI=1S/C15H11FOS/c16-11-7-5-10(6-8-11)15(17)13-9-18-14-4-2-1-3-12(13)14/h1-9,15,17H/t15-/m0/s1. The zero-order valence-corrected chi connectivity index (χ0v) is 10.3. The summed E-state index contributed by atoms with van der Waals surface area (Å²) >= 11 is 1.61. The topological polar surface area (TPSA) is 20.2 Å². The first-order chi connectivity index (χ1) is 8.75. The van der Waals surface area contributed by atoms with Crippen LogP contribution in [0.15, 0.2) is 53.9 Å². The Labute approximate surface area is 108 Å². The Balaban J connectivity index is 2.06. The van der Waals surface area contributed by atoms with Gasteiger partial charge in [0.2, 0.25) is 0 Å². The van der Waals surface area contributed by atoms with Crippen molar-refractivity contribution in [2.75, 3.05) is 0 Å². The van der Waals surface area contributed by atoms with E-state index in [4.69, 9.17) is 0 Å². The van der Waals surface area contributed by atoms with Gasteiger partial charge in [-0.15, -0.1) is 11.3 Å². The molecule has 0 fully saturated rings. The maximum absolute atomic E-state index is 12.9. The number of thiophene rings is 1. The van der Waals surface area contributed by atoms with Crippen molar-refractivity contribution in [2.45, 2.75) is 6.10 Å². The maximum atomic E-state index is 12.9. The molecule has 0 saturated heterocycles. The largest absolute Gasteiger partial charge is 0.384 e. The van der Waals surface area contributed by atoms with E-state index in [0.29, 0.717) is 5.56 Å². The Bertz CT molecular complexity index is 672. The van der Waals surface area contributed by atoms with Gasteiger partial charge in [-0.3, -0.25) is 0 Å². The van der Waals surface area contributed by atoms with Crippen molar-refractivity contribution in [3.63, 3.8) is 0 Å². The Hall–Kier alpha value is -1.71. The molecule has 18 heavy (non-hydrogen) atoms. The first-order valence-electron chi connectivity index (χ1n) is 5.65. The molecular weight excluding hydrogens is 247 g/mol. The number of rotatable bonds is 2. The fraction of sp³-hybridized carbons (Fsp3) is 0.0667. The van der Waals surface area contributed by atoms with E-state index in [2.05, 4.69) is 0 Å². The van der Waals surface area contributed by atoms with Crippen LogP contribution < -0.4 is 0 Å². The van der Waals surface area contributed by atoms with Gasteiger partial charge in [-0.1, -0.05) is 30.3 Å². The summed E-state index contributed by atoms with van der Waals surface area (Å²) in [7, 11) is 0. The fourth-order valence-corrected chi connectivity index (χ4v) is 3.01. The highest BCUT2D eigenvalue weighted by molar-refractivity contribution is 7.17. The van der Waals surface area contributed by atoms with Crippen molar-refractivity contribution in [1.82, 2.24) is 0 Å². The predicted molar refractivity (Wildman–Crippen MR) is 72.3 cm³/mol. The van der Waals surface area contributed by atoms with Gasteiger partial charge in [-0.2, -0.15) is 0 Å². The van der Waals surface area contributed by atoms with Gasteiger partial charge in [-0.05, 0) is 34.5 Å². The molecule has 0 aliphatic heterocycles. The summed E-state index contributed by atoms with van der Waals surface area (Å²) in [6, 6.07) is 13.9. The van der Waals surface area contributed by atoms with E-state index in [0.717, 1.165) is 15.6 Å². The average molecular weight is 258 g/mol. The molecule has 0 amide bonds. The maximum Gasteiger partial charge on any atom is 0.123 e. The molecule has 0 saturated carbocycles. The number of benzene rings is 2. The molecule has 1 N–H and O–H groups in total. The molecule has 1 heterocycles. The molecule has 0 spiro atoms. The van der Waals surface area contributed by atoms with Crippen LogP contribution in [0.5, 0.6) is 0 Å². The van der Waals surface area contributed by atoms with Crippen molar-refractivity contribution >= 4 is 21.4 Å². The SMILES string of the molecule is O[C@@H](c1ccc(F)cc1)c1csc2ccccc12. The molecule has 3 rings (SSSR count). The highest BCUT2D eigenvalue weighted by Crippen LogP contribution is 2.33. The summed E-state index contributed by atoms with van der Waals surface area (Å²) in [6.07, 6.45) is -0.707. The molecule has 1 aromatic heterocycles. The fourth-order valence-electron chi connectivity index (χ4n) is 2.03. The van der Waals surface area contributed by atoms with Crippen molar-refractivity contribution in [1.29, 1.82) is 0 Å². The van der Waals surface area contributed by atoms with Crippen molar-refractivity contribution < 1.29 is 9.50 Å². The molecule has 1 atom stereocenters. The Morgan fingerprint density at radius 3 is 2.50 bits per heavy atom. The van der Waals surface area contributed by atoms with Crippen LogP contribution in [0.25, 0.3) is 10.1 Å². The first-order valence-corrected chi connectivity index (χ1v) is 6.53. The molecule has 90 valence electrons. The van der Waals surface area contributed by atoms with Crippen LogP contribution in [0.4, 0.5) is 4.39 Å². The second-order valence-corrected chi connectivity index (χ2v) is 5.05. The van der Waals surface area contributed by atoms with Crippen LogP contribution in [-0.4, -0.2) is 5.11 Å². The van der Waals surface area contributed by atoms with E-state index < -0.39 is 6.10 Å². The zero-order chi connectivity index (χ0) is 12.5. The van der Waals surface area contributed by atoms with E-state index in [1.54, 1.807) is 23.5 Å². The second-order valence-electron chi connectivity index (χ2n) is 4.14. The van der Waals surface area contributed by atoms with E-state index in [9.17, 15) is 9.50 Å². The van der Waals surface area contributed by atoms with Gasteiger partial charge in [0.15, 0.2) is 0 Å². The number of hydrogen-bond donors (Lipinski definition) is 1. The van der Waals surface area contributed by atoms with Gasteiger partial charge in [0.1, 0.15) is 11.9 Å². The van der Waals surface area contributed by atoms with Crippen molar-refractivity contribution in [3.8, 4) is 0 Å². The molecule has 1 nitrogen and oxygen atoms in total. The first kappa shape index (κ1) is 11.4. The number of aliphatic hydroxyl groups excluding tert-OH is 1. The molecular formula is C15H11FOS.